The molecular formula is C14H11BrO2. The topological polar surface area (TPSA) is 37.3 Å². The molecule has 0 amide bonds. The molecule has 0 heterocycles. The Morgan fingerprint density at radius 1 is 1.12 bits per heavy atom. The highest BCUT2D eigenvalue weighted by molar-refractivity contribution is 9.10. The molecule has 0 saturated heterocycles. The lowest BCUT2D eigenvalue weighted by Gasteiger charge is -2.05. The average molecular weight is 291 g/mol. The van der Waals surface area contributed by atoms with Crippen LogP contribution in [0.3, 0.4) is 0 Å². The lowest BCUT2D eigenvalue weighted by atomic mass is 9.99. The molecule has 0 fully saturated rings. The fraction of sp³-hybridized carbons (Fsp3) is 0.0714. The SMILES string of the molecule is Cc1cc(O)ccc1C(=O)c1ccc(Br)cc1. The number of hydrogen-bond donors (Lipinski definition) is 1. The van der Waals surface area contributed by atoms with Crippen LogP contribution < -0.4 is 0 Å². The van der Waals surface area contributed by atoms with Crippen molar-refractivity contribution >= 4 is 21.7 Å². The Hall–Kier alpha value is -1.61. The molecule has 0 aliphatic rings. The van der Waals surface area contributed by atoms with Gasteiger partial charge in [0.25, 0.3) is 0 Å². The summed E-state index contributed by atoms with van der Waals surface area (Å²) in [6.07, 6.45) is 0. The van der Waals surface area contributed by atoms with Gasteiger partial charge in [-0.25, -0.2) is 0 Å². The number of halogens is 1. The van der Waals surface area contributed by atoms with Crippen molar-refractivity contribution in [1.82, 2.24) is 0 Å². The van der Waals surface area contributed by atoms with E-state index in [9.17, 15) is 9.90 Å². The molecule has 3 heteroatoms. The quantitative estimate of drug-likeness (QED) is 0.857. The van der Waals surface area contributed by atoms with Crippen LogP contribution in [0.15, 0.2) is 46.9 Å². The Morgan fingerprint density at radius 3 is 2.35 bits per heavy atom. The highest BCUT2D eigenvalue weighted by Crippen LogP contribution is 2.20. The number of aromatic hydroxyl groups is 1. The lowest BCUT2D eigenvalue weighted by Crippen LogP contribution is -2.03. The van der Waals surface area contributed by atoms with Gasteiger partial charge in [0.2, 0.25) is 0 Å². The molecule has 0 aliphatic carbocycles. The minimum absolute atomic E-state index is 0.0324. The number of phenolic OH excluding ortho intramolecular Hbond substituents is 1. The molecule has 2 aromatic rings. The van der Waals surface area contributed by atoms with E-state index < -0.39 is 0 Å². The normalized spacial score (nSPS) is 10.2. The van der Waals surface area contributed by atoms with E-state index in [0.29, 0.717) is 11.1 Å². The standard InChI is InChI=1S/C14H11BrO2/c1-9-8-12(16)6-7-13(9)14(17)10-2-4-11(15)5-3-10/h2-8,16H,1H3. The molecule has 0 spiro atoms. The molecule has 2 nitrogen and oxygen atoms in total. The number of rotatable bonds is 2. The summed E-state index contributed by atoms with van der Waals surface area (Å²) in [6, 6.07) is 12.0. The van der Waals surface area contributed by atoms with E-state index in [0.717, 1.165) is 10.0 Å². The summed E-state index contributed by atoms with van der Waals surface area (Å²) in [5.41, 5.74) is 2.03. The molecule has 17 heavy (non-hydrogen) atoms. The molecule has 0 aromatic heterocycles. The van der Waals surface area contributed by atoms with Crippen LogP contribution in [0.1, 0.15) is 21.5 Å². The van der Waals surface area contributed by atoms with Gasteiger partial charge in [-0.3, -0.25) is 4.79 Å². The number of benzene rings is 2. The van der Waals surface area contributed by atoms with Gasteiger partial charge >= 0.3 is 0 Å². The zero-order valence-electron chi connectivity index (χ0n) is 9.27. The maximum Gasteiger partial charge on any atom is 0.193 e. The summed E-state index contributed by atoms with van der Waals surface area (Å²) >= 11 is 3.33. The maximum absolute atomic E-state index is 12.2. The minimum atomic E-state index is -0.0324. The van der Waals surface area contributed by atoms with Gasteiger partial charge in [-0.05, 0) is 55.0 Å². The summed E-state index contributed by atoms with van der Waals surface area (Å²) < 4.78 is 0.941. The second-order valence-electron chi connectivity index (χ2n) is 3.84. The van der Waals surface area contributed by atoms with E-state index in [-0.39, 0.29) is 11.5 Å². The van der Waals surface area contributed by atoms with Crippen molar-refractivity contribution in [2.45, 2.75) is 6.92 Å². The van der Waals surface area contributed by atoms with Crippen LogP contribution >= 0.6 is 15.9 Å². The smallest absolute Gasteiger partial charge is 0.193 e. The van der Waals surface area contributed by atoms with E-state index in [4.69, 9.17) is 0 Å². The van der Waals surface area contributed by atoms with E-state index in [2.05, 4.69) is 15.9 Å². The van der Waals surface area contributed by atoms with Crippen molar-refractivity contribution in [2.24, 2.45) is 0 Å². The highest BCUT2D eigenvalue weighted by atomic mass is 79.9. The molecule has 0 aliphatic heterocycles. The van der Waals surface area contributed by atoms with Crippen LogP contribution in [-0.4, -0.2) is 10.9 Å². The average Bonchev–Trinajstić information content (AvgIpc) is 2.29. The summed E-state index contributed by atoms with van der Waals surface area (Å²) in [5, 5.41) is 9.31. The van der Waals surface area contributed by atoms with Gasteiger partial charge < -0.3 is 5.11 Å². The largest absolute Gasteiger partial charge is 0.508 e. The third-order valence-corrected chi connectivity index (χ3v) is 3.09. The Labute approximate surface area is 108 Å². The molecule has 0 radical (unpaired) electrons. The molecule has 2 aromatic carbocycles. The third kappa shape index (κ3) is 2.56. The van der Waals surface area contributed by atoms with Crippen molar-refractivity contribution in [2.75, 3.05) is 0 Å². The van der Waals surface area contributed by atoms with Crippen LogP contribution in [0.25, 0.3) is 0 Å². The van der Waals surface area contributed by atoms with Crippen molar-refractivity contribution in [3.8, 4) is 5.75 Å². The van der Waals surface area contributed by atoms with E-state index in [1.807, 2.05) is 19.1 Å². The zero-order chi connectivity index (χ0) is 12.4. The van der Waals surface area contributed by atoms with E-state index >= 15 is 0 Å². The van der Waals surface area contributed by atoms with Crippen LogP contribution in [0.5, 0.6) is 5.75 Å². The molecule has 1 N–H and O–H groups in total. The van der Waals surface area contributed by atoms with Crippen LogP contribution in [0, 0.1) is 6.92 Å². The van der Waals surface area contributed by atoms with Gasteiger partial charge in [0.1, 0.15) is 5.75 Å². The van der Waals surface area contributed by atoms with E-state index in [1.165, 1.54) is 6.07 Å². The second-order valence-corrected chi connectivity index (χ2v) is 4.75. The van der Waals surface area contributed by atoms with Crippen molar-refractivity contribution in [3.05, 3.63) is 63.6 Å². The molecule has 86 valence electrons. The summed E-state index contributed by atoms with van der Waals surface area (Å²) in [5.74, 6) is 0.143. The number of aryl methyl sites for hydroxylation is 1. The van der Waals surface area contributed by atoms with Gasteiger partial charge in [-0.1, -0.05) is 15.9 Å². The van der Waals surface area contributed by atoms with Gasteiger partial charge in [-0.15, -0.1) is 0 Å². The fourth-order valence-corrected chi connectivity index (χ4v) is 1.92. The van der Waals surface area contributed by atoms with Gasteiger partial charge in [-0.2, -0.15) is 0 Å². The molecule has 2 rings (SSSR count). The fourth-order valence-electron chi connectivity index (χ4n) is 1.66. The number of carbonyl (C=O) groups excluding carboxylic acids is 1. The first-order valence-corrected chi connectivity index (χ1v) is 5.97. The lowest BCUT2D eigenvalue weighted by molar-refractivity contribution is 0.103. The predicted octanol–water partition coefficient (Wildman–Crippen LogP) is 3.69. The zero-order valence-corrected chi connectivity index (χ0v) is 10.9. The van der Waals surface area contributed by atoms with Gasteiger partial charge in [0.05, 0.1) is 0 Å². The predicted molar refractivity (Wildman–Crippen MR) is 70.4 cm³/mol. The van der Waals surface area contributed by atoms with Crippen molar-refractivity contribution in [1.29, 1.82) is 0 Å². The maximum atomic E-state index is 12.2. The number of phenols is 1. The Morgan fingerprint density at radius 2 is 1.76 bits per heavy atom. The highest BCUT2D eigenvalue weighted by Gasteiger charge is 2.11. The van der Waals surface area contributed by atoms with Gasteiger partial charge in [0.15, 0.2) is 5.78 Å². The first-order valence-electron chi connectivity index (χ1n) is 5.18. The van der Waals surface area contributed by atoms with Crippen LogP contribution in [0.4, 0.5) is 0 Å². The van der Waals surface area contributed by atoms with Crippen LogP contribution in [0.2, 0.25) is 0 Å². The Bertz CT molecular complexity index is 559. The molecular weight excluding hydrogens is 280 g/mol. The summed E-state index contributed by atoms with van der Waals surface area (Å²) in [7, 11) is 0. The number of hydrogen-bond acceptors (Lipinski definition) is 2. The number of carbonyl (C=O) groups is 1. The Balaban J connectivity index is 2.40. The van der Waals surface area contributed by atoms with Crippen LogP contribution in [-0.2, 0) is 0 Å². The monoisotopic (exact) mass is 290 g/mol. The first-order chi connectivity index (χ1) is 8.08. The molecule has 0 unspecified atom stereocenters. The van der Waals surface area contributed by atoms with E-state index in [1.54, 1.807) is 24.3 Å². The molecule has 0 saturated carbocycles. The van der Waals surface area contributed by atoms with Gasteiger partial charge in [0, 0.05) is 15.6 Å². The first kappa shape index (κ1) is 11.9. The van der Waals surface area contributed by atoms with Crippen molar-refractivity contribution < 1.29 is 9.90 Å². The Kier molecular flexibility index (Phi) is 3.29. The molecule has 0 atom stereocenters. The van der Waals surface area contributed by atoms with Crippen molar-refractivity contribution in [3.63, 3.8) is 0 Å². The number of ketones is 1. The minimum Gasteiger partial charge on any atom is -0.508 e. The summed E-state index contributed by atoms with van der Waals surface area (Å²) in [4.78, 5) is 12.2. The summed E-state index contributed by atoms with van der Waals surface area (Å²) in [6.45, 7) is 1.81. The third-order valence-electron chi connectivity index (χ3n) is 2.56. The second kappa shape index (κ2) is 4.72. The molecule has 0 bridgehead atoms.